The predicted octanol–water partition coefficient (Wildman–Crippen LogP) is 1.58. The van der Waals surface area contributed by atoms with Gasteiger partial charge in [-0.15, -0.1) is 6.58 Å². The summed E-state index contributed by atoms with van der Waals surface area (Å²) in [6.45, 7) is 4.83. The van der Waals surface area contributed by atoms with E-state index in [1.807, 2.05) is 0 Å². The third-order valence-electron chi connectivity index (χ3n) is 2.80. The van der Waals surface area contributed by atoms with Gasteiger partial charge in [-0.25, -0.2) is 0 Å². The van der Waals surface area contributed by atoms with Gasteiger partial charge >= 0.3 is 0 Å². The van der Waals surface area contributed by atoms with Crippen molar-refractivity contribution in [1.82, 2.24) is 4.90 Å². The lowest BCUT2D eigenvalue weighted by atomic mass is 10.2. The number of ether oxygens (including phenoxy) is 1. The van der Waals surface area contributed by atoms with E-state index in [1.54, 1.807) is 0 Å². The van der Waals surface area contributed by atoms with Gasteiger partial charge in [0.2, 0.25) is 11.8 Å². The van der Waals surface area contributed by atoms with E-state index < -0.39 is 10.8 Å². The van der Waals surface area contributed by atoms with E-state index in [2.05, 4.69) is 11.9 Å². The van der Waals surface area contributed by atoms with Crippen molar-refractivity contribution < 1.29 is 19.2 Å². The highest BCUT2D eigenvalue weighted by atomic mass is 16.6. The molecule has 0 heterocycles. The zero-order chi connectivity index (χ0) is 16.7. The summed E-state index contributed by atoms with van der Waals surface area (Å²) in [5.74, 6) is -0.522. The molecule has 1 aromatic carbocycles. The van der Waals surface area contributed by atoms with Gasteiger partial charge in [-0.05, 0) is 12.1 Å². The molecule has 8 nitrogen and oxygen atoms in total. The van der Waals surface area contributed by atoms with Crippen LogP contribution in [0.2, 0.25) is 0 Å². The number of nitrogens with zero attached hydrogens (tertiary/aromatic N) is 2. The smallest absolute Gasteiger partial charge is 0.296 e. The van der Waals surface area contributed by atoms with Crippen molar-refractivity contribution in [3.63, 3.8) is 0 Å². The molecule has 0 bridgehead atoms. The second-order valence-corrected chi connectivity index (χ2v) is 4.38. The fourth-order valence-corrected chi connectivity index (χ4v) is 1.72. The van der Waals surface area contributed by atoms with Gasteiger partial charge in [0.15, 0.2) is 0 Å². The van der Waals surface area contributed by atoms with Crippen LogP contribution in [0, 0.1) is 10.1 Å². The first kappa shape index (κ1) is 17.2. The molecule has 0 spiro atoms. The highest BCUT2D eigenvalue weighted by Crippen LogP contribution is 2.28. The van der Waals surface area contributed by atoms with E-state index in [9.17, 15) is 19.7 Å². The summed E-state index contributed by atoms with van der Waals surface area (Å²) in [6.07, 6.45) is 1.49. The standard InChI is InChI=1S/C14H17N3O5/c1-4-7-16(10(2)18)9-14(19)15-12-6-5-11(22-3)8-13(12)17(20)21/h4-6,8H,1,7,9H2,2-3H3,(H,15,19). The lowest BCUT2D eigenvalue weighted by molar-refractivity contribution is -0.384. The van der Waals surface area contributed by atoms with Crippen LogP contribution in [0.1, 0.15) is 6.92 Å². The predicted molar refractivity (Wildman–Crippen MR) is 80.7 cm³/mol. The Labute approximate surface area is 127 Å². The number of nitro groups is 1. The van der Waals surface area contributed by atoms with E-state index in [4.69, 9.17) is 4.74 Å². The number of anilines is 1. The Morgan fingerprint density at radius 3 is 2.68 bits per heavy atom. The van der Waals surface area contributed by atoms with Gasteiger partial charge in [0.05, 0.1) is 18.1 Å². The fourth-order valence-electron chi connectivity index (χ4n) is 1.72. The molecular formula is C14H17N3O5. The van der Waals surface area contributed by atoms with Crippen molar-refractivity contribution in [3.8, 4) is 5.75 Å². The topological polar surface area (TPSA) is 102 Å². The minimum Gasteiger partial charge on any atom is -0.496 e. The molecule has 1 rings (SSSR count). The van der Waals surface area contributed by atoms with Gasteiger partial charge in [0, 0.05) is 13.5 Å². The van der Waals surface area contributed by atoms with Crippen molar-refractivity contribution in [2.45, 2.75) is 6.92 Å². The normalized spacial score (nSPS) is 9.73. The van der Waals surface area contributed by atoms with Gasteiger partial charge in [0.1, 0.15) is 18.0 Å². The SMILES string of the molecule is C=CCN(CC(=O)Nc1ccc(OC)cc1[N+](=O)[O-])C(C)=O. The van der Waals surface area contributed by atoms with E-state index in [0.717, 1.165) is 0 Å². The first-order valence-electron chi connectivity index (χ1n) is 6.37. The van der Waals surface area contributed by atoms with Crippen LogP contribution in [0.3, 0.4) is 0 Å². The molecule has 2 amide bonds. The highest BCUT2D eigenvalue weighted by Gasteiger charge is 2.19. The Kier molecular flexibility index (Phi) is 6.06. The largest absolute Gasteiger partial charge is 0.496 e. The van der Waals surface area contributed by atoms with Gasteiger partial charge in [-0.2, -0.15) is 0 Å². The zero-order valence-electron chi connectivity index (χ0n) is 12.4. The Bertz CT molecular complexity index is 600. The van der Waals surface area contributed by atoms with Crippen molar-refractivity contribution in [2.24, 2.45) is 0 Å². The molecule has 0 saturated heterocycles. The maximum absolute atomic E-state index is 11.9. The first-order valence-corrected chi connectivity index (χ1v) is 6.37. The number of carbonyl (C=O) groups excluding carboxylic acids is 2. The number of nitro benzene ring substituents is 1. The minimum absolute atomic E-state index is 0.0397. The Morgan fingerprint density at radius 2 is 2.18 bits per heavy atom. The highest BCUT2D eigenvalue weighted by molar-refractivity contribution is 5.96. The van der Waals surface area contributed by atoms with Crippen molar-refractivity contribution >= 4 is 23.2 Å². The molecule has 0 aliphatic rings. The van der Waals surface area contributed by atoms with Crippen LogP contribution in [0.25, 0.3) is 0 Å². The molecule has 0 fully saturated rings. The second kappa shape index (κ2) is 7.77. The zero-order valence-corrected chi connectivity index (χ0v) is 12.4. The average Bonchev–Trinajstić information content (AvgIpc) is 2.46. The number of hydrogen-bond donors (Lipinski definition) is 1. The Balaban J connectivity index is 2.89. The van der Waals surface area contributed by atoms with E-state index in [-0.39, 0.29) is 30.4 Å². The molecule has 0 aliphatic heterocycles. The quantitative estimate of drug-likeness (QED) is 0.468. The minimum atomic E-state index is -0.620. The molecule has 0 atom stereocenters. The lowest BCUT2D eigenvalue weighted by Gasteiger charge is -2.18. The molecule has 1 N–H and O–H groups in total. The number of amides is 2. The average molecular weight is 307 g/mol. The number of methoxy groups -OCH3 is 1. The van der Waals surface area contributed by atoms with Crippen LogP contribution in [-0.2, 0) is 9.59 Å². The summed E-state index contributed by atoms with van der Waals surface area (Å²) < 4.78 is 4.91. The maximum atomic E-state index is 11.9. The third kappa shape index (κ3) is 4.58. The number of hydrogen-bond acceptors (Lipinski definition) is 5. The van der Waals surface area contributed by atoms with Gasteiger partial charge in [-0.3, -0.25) is 19.7 Å². The summed E-state index contributed by atoms with van der Waals surface area (Å²) in [6, 6.07) is 4.08. The molecule has 1 aromatic rings. The van der Waals surface area contributed by atoms with Crippen LogP contribution in [0.5, 0.6) is 5.75 Å². The van der Waals surface area contributed by atoms with Gasteiger partial charge in [-0.1, -0.05) is 6.08 Å². The summed E-state index contributed by atoms with van der Waals surface area (Å²) in [4.78, 5) is 35.0. The number of nitrogens with one attached hydrogen (secondary N) is 1. The van der Waals surface area contributed by atoms with Crippen LogP contribution in [-0.4, -0.2) is 41.8 Å². The molecule has 0 unspecified atom stereocenters. The summed E-state index contributed by atoms with van der Waals surface area (Å²) in [5, 5.41) is 13.4. The van der Waals surface area contributed by atoms with E-state index in [1.165, 1.54) is 43.2 Å². The van der Waals surface area contributed by atoms with Crippen LogP contribution < -0.4 is 10.1 Å². The van der Waals surface area contributed by atoms with Crippen LogP contribution >= 0.6 is 0 Å². The van der Waals surface area contributed by atoms with Crippen LogP contribution in [0.15, 0.2) is 30.9 Å². The molecule has 0 radical (unpaired) electrons. The molecule has 0 aromatic heterocycles. The van der Waals surface area contributed by atoms with E-state index in [0.29, 0.717) is 5.75 Å². The second-order valence-electron chi connectivity index (χ2n) is 4.38. The van der Waals surface area contributed by atoms with E-state index >= 15 is 0 Å². The first-order chi connectivity index (χ1) is 10.4. The molecule has 118 valence electrons. The summed E-state index contributed by atoms with van der Waals surface area (Å²) in [7, 11) is 1.39. The Hall–Kier alpha value is -2.90. The van der Waals surface area contributed by atoms with Crippen molar-refractivity contribution in [2.75, 3.05) is 25.5 Å². The monoisotopic (exact) mass is 307 g/mol. The maximum Gasteiger partial charge on any atom is 0.296 e. The summed E-state index contributed by atoms with van der Waals surface area (Å²) >= 11 is 0. The molecule has 0 aliphatic carbocycles. The Morgan fingerprint density at radius 1 is 1.50 bits per heavy atom. The molecule has 22 heavy (non-hydrogen) atoms. The molecule has 8 heteroatoms. The lowest BCUT2D eigenvalue weighted by Crippen LogP contribution is -2.36. The van der Waals surface area contributed by atoms with Crippen molar-refractivity contribution in [3.05, 3.63) is 41.0 Å². The van der Waals surface area contributed by atoms with Crippen LogP contribution in [0.4, 0.5) is 11.4 Å². The van der Waals surface area contributed by atoms with Gasteiger partial charge < -0.3 is 15.0 Å². The number of carbonyl (C=O) groups is 2. The fraction of sp³-hybridized carbons (Fsp3) is 0.286. The number of benzene rings is 1. The summed E-state index contributed by atoms with van der Waals surface area (Å²) in [5.41, 5.74) is -0.247. The third-order valence-corrected chi connectivity index (χ3v) is 2.80. The molecular weight excluding hydrogens is 290 g/mol. The van der Waals surface area contributed by atoms with Gasteiger partial charge in [0.25, 0.3) is 5.69 Å². The van der Waals surface area contributed by atoms with Crippen molar-refractivity contribution in [1.29, 1.82) is 0 Å². The number of rotatable bonds is 7. The molecule has 0 saturated carbocycles.